The number of carbonyl (C=O) groups is 1. The number of nitrogens with one attached hydrogen (secondary N) is 1. The Morgan fingerprint density at radius 2 is 2.20 bits per heavy atom. The van der Waals surface area contributed by atoms with Crippen molar-refractivity contribution in [2.24, 2.45) is 0 Å². The summed E-state index contributed by atoms with van der Waals surface area (Å²) < 4.78 is 5.52. The maximum atomic E-state index is 11.7. The summed E-state index contributed by atoms with van der Waals surface area (Å²) in [5.74, 6) is 0.649. The largest absolute Gasteiger partial charge is 0.492 e. The van der Waals surface area contributed by atoms with E-state index in [9.17, 15) is 4.79 Å². The molecule has 20 heavy (non-hydrogen) atoms. The number of benzene rings is 1. The Hall–Kier alpha value is -1.46. The van der Waals surface area contributed by atoms with Crippen molar-refractivity contribution in [2.45, 2.75) is 13.3 Å². The van der Waals surface area contributed by atoms with Gasteiger partial charge in [-0.05, 0) is 25.5 Å². The Kier molecular flexibility index (Phi) is 7.84. The molecule has 0 saturated heterocycles. The Bertz CT molecular complexity index is 415. The summed E-state index contributed by atoms with van der Waals surface area (Å²) >= 11 is 5.96. The van der Waals surface area contributed by atoms with E-state index in [-0.39, 0.29) is 12.6 Å². The number of hydrogen-bond donors (Lipinski definition) is 2. The second-order valence-electron chi connectivity index (χ2n) is 4.17. The van der Waals surface area contributed by atoms with Crippen molar-refractivity contribution in [3.8, 4) is 5.75 Å². The molecule has 0 fully saturated rings. The topological polar surface area (TPSA) is 61.8 Å². The fourth-order valence-corrected chi connectivity index (χ4v) is 1.84. The lowest BCUT2D eigenvalue weighted by atomic mass is 10.3. The minimum absolute atomic E-state index is 0.0309. The number of aliphatic hydroxyl groups excluding tert-OH is 1. The molecule has 0 aliphatic rings. The van der Waals surface area contributed by atoms with Crippen LogP contribution in [0.25, 0.3) is 0 Å². The number of amides is 2. The second-order valence-corrected chi connectivity index (χ2v) is 4.57. The number of hydrogen-bond acceptors (Lipinski definition) is 3. The van der Waals surface area contributed by atoms with Gasteiger partial charge in [-0.25, -0.2) is 4.79 Å². The first kappa shape index (κ1) is 16.6. The van der Waals surface area contributed by atoms with Crippen LogP contribution in [0.2, 0.25) is 5.02 Å². The van der Waals surface area contributed by atoms with Gasteiger partial charge in [-0.2, -0.15) is 0 Å². The van der Waals surface area contributed by atoms with Crippen molar-refractivity contribution in [2.75, 3.05) is 32.8 Å². The highest BCUT2D eigenvalue weighted by molar-refractivity contribution is 6.32. The van der Waals surface area contributed by atoms with Crippen LogP contribution in [0.15, 0.2) is 24.3 Å². The standard InChI is InChI=1S/C14H21ClN2O3/c1-2-17(9-10-18)14(19)16-8-5-11-20-13-7-4-3-6-12(13)15/h3-4,6-7,18H,2,5,8-11H2,1H3,(H,16,19). The third kappa shape index (κ3) is 5.67. The first-order chi connectivity index (χ1) is 9.69. The van der Waals surface area contributed by atoms with E-state index < -0.39 is 0 Å². The first-order valence-electron chi connectivity index (χ1n) is 6.70. The van der Waals surface area contributed by atoms with Gasteiger partial charge in [0.25, 0.3) is 0 Å². The molecule has 5 nitrogen and oxygen atoms in total. The summed E-state index contributed by atoms with van der Waals surface area (Å²) in [4.78, 5) is 13.2. The van der Waals surface area contributed by atoms with E-state index in [1.807, 2.05) is 19.1 Å². The number of urea groups is 1. The van der Waals surface area contributed by atoms with Crippen LogP contribution in [0.1, 0.15) is 13.3 Å². The maximum Gasteiger partial charge on any atom is 0.317 e. The molecule has 1 rings (SSSR count). The molecule has 1 aromatic carbocycles. The molecular formula is C14H21ClN2O3. The fourth-order valence-electron chi connectivity index (χ4n) is 1.65. The monoisotopic (exact) mass is 300 g/mol. The van der Waals surface area contributed by atoms with Gasteiger partial charge in [0.2, 0.25) is 0 Å². The van der Waals surface area contributed by atoms with E-state index >= 15 is 0 Å². The van der Waals surface area contributed by atoms with Crippen molar-refractivity contribution in [3.05, 3.63) is 29.3 Å². The summed E-state index contributed by atoms with van der Waals surface area (Å²) in [5.41, 5.74) is 0. The van der Waals surface area contributed by atoms with E-state index in [0.29, 0.717) is 43.4 Å². The quantitative estimate of drug-likeness (QED) is 0.723. The molecule has 0 unspecified atom stereocenters. The third-order valence-corrected chi connectivity index (χ3v) is 3.04. The van der Waals surface area contributed by atoms with Gasteiger partial charge in [-0.1, -0.05) is 23.7 Å². The summed E-state index contributed by atoms with van der Waals surface area (Å²) in [6.07, 6.45) is 0.688. The summed E-state index contributed by atoms with van der Waals surface area (Å²) in [6, 6.07) is 7.11. The van der Waals surface area contributed by atoms with E-state index in [2.05, 4.69) is 5.32 Å². The smallest absolute Gasteiger partial charge is 0.317 e. The van der Waals surface area contributed by atoms with Crippen LogP contribution >= 0.6 is 11.6 Å². The van der Waals surface area contributed by atoms with E-state index in [1.165, 1.54) is 0 Å². The van der Waals surface area contributed by atoms with Crippen LogP contribution in [-0.2, 0) is 0 Å². The highest BCUT2D eigenvalue weighted by atomic mass is 35.5. The zero-order valence-electron chi connectivity index (χ0n) is 11.6. The molecule has 0 saturated carbocycles. The van der Waals surface area contributed by atoms with Gasteiger partial charge in [0.1, 0.15) is 5.75 Å². The van der Waals surface area contributed by atoms with Crippen molar-refractivity contribution in [1.29, 1.82) is 0 Å². The minimum Gasteiger partial charge on any atom is -0.492 e. The maximum absolute atomic E-state index is 11.7. The van der Waals surface area contributed by atoms with Crippen LogP contribution in [0.4, 0.5) is 4.79 Å². The third-order valence-electron chi connectivity index (χ3n) is 2.73. The predicted molar refractivity (Wildman–Crippen MR) is 79.3 cm³/mol. The predicted octanol–water partition coefficient (Wildman–Crippen LogP) is 2.13. The molecule has 0 heterocycles. The van der Waals surface area contributed by atoms with E-state index in [0.717, 1.165) is 0 Å². The van der Waals surface area contributed by atoms with Crippen molar-refractivity contribution >= 4 is 17.6 Å². The van der Waals surface area contributed by atoms with Gasteiger partial charge < -0.3 is 20.1 Å². The van der Waals surface area contributed by atoms with Gasteiger partial charge in [-0.15, -0.1) is 0 Å². The zero-order chi connectivity index (χ0) is 14.8. The lowest BCUT2D eigenvalue weighted by Gasteiger charge is -2.20. The number of nitrogens with zero attached hydrogens (tertiary/aromatic N) is 1. The Morgan fingerprint density at radius 1 is 1.45 bits per heavy atom. The Balaban J connectivity index is 2.19. The lowest BCUT2D eigenvalue weighted by molar-refractivity contribution is 0.179. The molecule has 0 spiro atoms. The molecule has 6 heteroatoms. The van der Waals surface area contributed by atoms with Crippen molar-refractivity contribution < 1.29 is 14.6 Å². The highest BCUT2D eigenvalue weighted by Gasteiger charge is 2.09. The summed E-state index contributed by atoms with van der Waals surface area (Å²) in [5, 5.41) is 12.2. The van der Waals surface area contributed by atoms with Crippen LogP contribution in [0, 0.1) is 0 Å². The van der Waals surface area contributed by atoms with E-state index in [1.54, 1.807) is 17.0 Å². The molecule has 0 atom stereocenters. The number of carbonyl (C=O) groups excluding carboxylic acids is 1. The SMILES string of the molecule is CCN(CCO)C(=O)NCCCOc1ccccc1Cl. The normalized spacial score (nSPS) is 10.2. The Labute approximate surface area is 124 Å². The fraction of sp³-hybridized carbons (Fsp3) is 0.500. The first-order valence-corrected chi connectivity index (χ1v) is 7.07. The molecular weight excluding hydrogens is 280 g/mol. The minimum atomic E-state index is -0.167. The van der Waals surface area contributed by atoms with Gasteiger partial charge in [0.15, 0.2) is 0 Å². The Morgan fingerprint density at radius 3 is 2.85 bits per heavy atom. The van der Waals surface area contributed by atoms with Gasteiger partial charge in [0.05, 0.1) is 18.2 Å². The average molecular weight is 301 g/mol. The lowest BCUT2D eigenvalue weighted by Crippen LogP contribution is -2.41. The second kappa shape index (κ2) is 9.44. The number of halogens is 1. The summed E-state index contributed by atoms with van der Waals surface area (Å²) in [7, 11) is 0. The molecule has 0 radical (unpaired) electrons. The molecule has 2 N–H and O–H groups in total. The molecule has 2 amide bonds. The van der Waals surface area contributed by atoms with E-state index in [4.69, 9.17) is 21.4 Å². The van der Waals surface area contributed by atoms with Gasteiger partial charge in [-0.3, -0.25) is 0 Å². The van der Waals surface area contributed by atoms with Gasteiger partial charge in [0, 0.05) is 19.6 Å². The molecule has 0 aliphatic heterocycles. The van der Waals surface area contributed by atoms with Crippen molar-refractivity contribution in [3.63, 3.8) is 0 Å². The number of ether oxygens (including phenoxy) is 1. The average Bonchev–Trinajstić information content (AvgIpc) is 2.46. The van der Waals surface area contributed by atoms with Crippen LogP contribution < -0.4 is 10.1 Å². The highest BCUT2D eigenvalue weighted by Crippen LogP contribution is 2.22. The molecule has 0 bridgehead atoms. The molecule has 0 aliphatic carbocycles. The molecule has 0 aromatic heterocycles. The zero-order valence-corrected chi connectivity index (χ0v) is 12.4. The number of para-hydroxylation sites is 1. The molecule has 112 valence electrons. The number of rotatable bonds is 8. The number of aliphatic hydroxyl groups is 1. The van der Waals surface area contributed by atoms with Crippen molar-refractivity contribution in [1.82, 2.24) is 10.2 Å². The van der Waals surface area contributed by atoms with Gasteiger partial charge >= 0.3 is 6.03 Å². The number of likely N-dealkylation sites (N-methyl/N-ethyl adjacent to an activating group) is 1. The molecule has 1 aromatic rings. The van der Waals surface area contributed by atoms with Crippen LogP contribution in [0.3, 0.4) is 0 Å². The van der Waals surface area contributed by atoms with Crippen LogP contribution in [-0.4, -0.2) is 48.9 Å². The van der Waals surface area contributed by atoms with Crippen LogP contribution in [0.5, 0.6) is 5.75 Å². The summed E-state index contributed by atoms with van der Waals surface area (Å²) in [6.45, 7) is 3.76.